The number of ether oxygens (including phenoxy) is 7. The number of carbonyl (C=O) groups excluding carboxylic acids is 4. The molecule has 71 heavy (non-hydrogen) atoms. The Labute approximate surface area is 419 Å². The molecule has 2 rings (SSSR count). The monoisotopic (exact) mass is 1110 g/mol. The fourth-order valence-electron chi connectivity index (χ4n) is 6.44. The zero-order valence-electron chi connectivity index (χ0n) is 39.3. The largest absolute Gasteiger partial charge is 0.506 e. The van der Waals surface area contributed by atoms with Crippen molar-refractivity contribution in [2.75, 3.05) is 92.4 Å². The summed E-state index contributed by atoms with van der Waals surface area (Å²) in [5.41, 5.74) is 0. The molecule has 2 aliphatic rings. The molecule has 33 heteroatoms. The summed E-state index contributed by atoms with van der Waals surface area (Å²) in [6.07, 6.45) is -12.0. The van der Waals surface area contributed by atoms with Crippen molar-refractivity contribution in [1.29, 1.82) is 0 Å². The molecule has 0 bridgehead atoms. The molecule has 29 nitrogen and oxygen atoms in total. The molecule has 13 N–H and O–H groups in total. The van der Waals surface area contributed by atoms with Crippen LogP contribution in [-0.4, -0.2) is 235 Å². The lowest BCUT2D eigenvalue weighted by atomic mass is 9.97. The molecule has 2 fully saturated rings. The second kappa shape index (κ2) is 35.1. The van der Waals surface area contributed by atoms with E-state index in [0.29, 0.717) is 25.7 Å². The number of hydrogen-bond donors (Lipinski definition) is 13. The quantitative estimate of drug-likeness (QED) is 0.0161. The zero-order chi connectivity index (χ0) is 53.0. The van der Waals surface area contributed by atoms with E-state index >= 15 is 0 Å². The summed E-state index contributed by atoms with van der Waals surface area (Å²) in [6, 6.07) is -2.21. The Balaban J connectivity index is 1.53. The van der Waals surface area contributed by atoms with E-state index in [2.05, 4.69) is 21.3 Å². The number of nitrogens with one attached hydrogen (secondary N) is 4. The third kappa shape index (κ3) is 27.2. The minimum Gasteiger partial charge on any atom is -0.450 e. The van der Waals surface area contributed by atoms with Crippen LogP contribution in [-0.2, 0) is 94.0 Å². The maximum atomic E-state index is 12.4. The minimum atomic E-state index is -3.64. The van der Waals surface area contributed by atoms with E-state index < -0.39 is 124 Å². The number of unbranched alkanes of at least 4 members (excludes halogenated alkanes) is 2. The molecule has 0 aliphatic carbocycles. The van der Waals surface area contributed by atoms with Gasteiger partial charge in [0.2, 0.25) is 23.6 Å². The van der Waals surface area contributed by atoms with E-state index in [0.717, 1.165) is 0 Å². The van der Waals surface area contributed by atoms with Gasteiger partial charge in [-0.1, -0.05) is 0 Å². The first-order valence-electron chi connectivity index (χ1n) is 22.4. The van der Waals surface area contributed by atoms with Crippen molar-refractivity contribution in [3.05, 3.63) is 0 Å². The standard InChI is InChI=1S/C38H70N4O25P2S2/c1-23(45)41-30-34(51)32(49)26(21-43)66-36(30)59-15-11-57-13-17-63-68(55,70)61-9-5-3-7-28(47)39-19-25(65-38(53)54)20-40-29(48)8-4-6-10-62-69(56,71)64-18-14-58-12-16-60-37-31(42-24(2)46)35(52)33(50)27(22-44)67-37/h25-27,30-37,43-44,49-52H,3-22H2,1-2H3,(H,39,47)(H,40,48)(H,41,45)(H,42,46)(H,53,54)(H,55,70)(H,56,71)/t25?,26-,27-,30-,31-,32+,33+,34-,35-,36-,37-,68?,69?/m1/s1. The maximum Gasteiger partial charge on any atom is 0.506 e. The van der Waals surface area contributed by atoms with Crippen LogP contribution < -0.4 is 21.3 Å². The molecule has 414 valence electrons. The highest BCUT2D eigenvalue weighted by Crippen LogP contribution is 2.44. The van der Waals surface area contributed by atoms with E-state index in [4.69, 9.17) is 80.0 Å². The Kier molecular flexibility index (Phi) is 32.0. The Morgan fingerprint density at radius 1 is 0.563 bits per heavy atom. The molecule has 0 aromatic heterocycles. The van der Waals surface area contributed by atoms with Gasteiger partial charge < -0.3 is 118 Å². The van der Waals surface area contributed by atoms with E-state index in [-0.39, 0.29) is 92.0 Å². The van der Waals surface area contributed by atoms with Crippen molar-refractivity contribution in [3.63, 3.8) is 0 Å². The Bertz CT molecular complexity index is 1590. The number of carboxylic acid groups (broad SMARTS) is 1. The highest BCUT2D eigenvalue weighted by Gasteiger charge is 2.46. The second-order valence-electron chi connectivity index (χ2n) is 15.6. The topological polar surface area (TPSA) is 417 Å². The maximum absolute atomic E-state index is 12.4. The van der Waals surface area contributed by atoms with Crippen LogP contribution in [0.3, 0.4) is 0 Å². The van der Waals surface area contributed by atoms with E-state index in [1.54, 1.807) is 0 Å². The molecule has 0 radical (unpaired) electrons. The average molecular weight is 1110 g/mol. The molecule has 2 heterocycles. The summed E-state index contributed by atoms with van der Waals surface area (Å²) in [6.45, 7) is -7.12. The first-order valence-corrected chi connectivity index (χ1v) is 27.6. The van der Waals surface area contributed by atoms with Gasteiger partial charge in [0.05, 0.1) is 92.4 Å². The highest BCUT2D eigenvalue weighted by molar-refractivity contribution is 8.07. The van der Waals surface area contributed by atoms with E-state index in [9.17, 15) is 64.4 Å². The number of aliphatic hydroxyl groups excluding tert-OH is 6. The Morgan fingerprint density at radius 3 is 1.28 bits per heavy atom. The number of rotatable bonds is 37. The van der Waals surface area contributed by atoms with Crippen molar-refractivity contribution in [2.45, 2.75) is 120 Å². The second-order valence-corrected chi connectivity index (χ2v) is 21.3. The highest BCUT2D eigenvalue weighted by atomic mass is 32.5. The number of carbonyl (C=O) groups is 5. The number of hydrogen-bond acceptors (Lipinski definition) is 24. The summed E-state index contributed by atoms with van der Waals surface area (Å²) in [5, 5.41) is 78.7. The molecular weight excluding hydrogens is 1040 g/mol. The van der Waals surface area contributed by atoms with Gasteiger partial charge in [-0.25, -0.2) is 4.79 Å². The summed E-state index contributed by atoms with van der Waals surface area (Å²) < 4.78 is 58.4. The predicted molar refractivity (Wildman–Crippen MR) is 248 cm³/mol. The molecule has 2 aliphatic heterocycles. The van der Waals surface area contributed by atoms with Gasteiger partial charge in [-0.3, -0.25) is 19.2 Å². The third-order valence-corrected chi connectivity index (χ3v) is 13.2. The predicted octanol–water partition coefficient (Wildman–Crippen LogP) is -3.92. The summed E-state index contributed by atoms with van der Waals surface area (Å²) in [5.74, 6) is -1.90. The fraction of sp³-hybridized carbons (Fsp3) is 0.868. The molecule has 2 unspecified atom stereocenters. The van der Waals surface area contributed by atoms with Crippen LogP contribution in [0.5, 0.6) is 0 Å². The molecular formula is C38H70N4O25P2S2. The van der Waals surface area contributed by atoms with Crippen molar-refractivity contribution in [3.8, 4) is 0 Å². The summed E-state index contributed by atoms with van der Waals surface area (Å²) in [4.78, 5) is 79.6. The lowest BCUT2D eigenvalue weighted by Gasteiger charge is -2.42. The normalized spacial score (nSPS) is 26.6. The van der Waals surface area contributed by atoms with Crippen LogP contribution in [0, 0.1) is 0 Å². The van der Waals surface area contributed by atoms with Gasteiger partial charge in [0.1, 0.15) is 54.8 Å². The SMILES string of the molecule is CC(=O)N[C@H]1[C@H](OCCOCCOP(O)(=S)OCCCCC(=O)NCC(CNC(=O)CCCCOP(O)(=S)OCCOCCO[C@@H]2O[C@H](CO)[C@H](O)[C@H](O)[C@H]2NC(C)=O)OC(=O)O)O[C@H](CO)[C@H](O)[C@@H]1O. The minimum absolute atomic E-state index is 0.00321. The van der Waals surface area contributed by atoms with Crippen LogP contribution in [0.15, 0.2) is 0 Å². The van der Waals surface area contributed by atoms with Crippen LogP contribution in [0.2, 0.25) is 0 Å². The Hall–Kier alpha value is -2.27. The van der Waals surface area contributed by atoms with E-state index in [1.165, 1.54) is 13.8 Å². The van der Waals surface area contributed by atoms with Crippen LogP contribution >= 0.6 is 13.4 Å². The van der Waals surface area contributed by atoms with Gasteiger partial charge in [0.15, 0.2) is 12.6 Å². The number of amides is 4. The fourth-order valence-corrected chi connectivity index (χ4v) is 8.81. The average Bonchev–Trinajstić information content (AvgIpc) is 3.30. The van der Waals surface area contributed by atoms with Crippen molar-refractivity contribution < 1.29 is 121 Å². The van der Waals surface area contributed by atoms with Gasteiger partial charge in [-0.15, -0.1) is 0 Å². The molecule has 0 aromatic rings. The van der Waals surface area contributed by atoms with Crippen molar-refractivity contribution in [1.82, 2.24) is 21.3 Å². The van der Waals surface area contributed by atoms with Gasteiger partial charge in [-0.05, 0) is 49.3 Å². The molecule has 0 aromatic carbocycles. The first-order chi connectivity index (χ1) is 33.6. The van der Waals surface area contributed by atoms with Crippen molar-refractivity contribution >= 4 is 66.8 Å². The molecule has 4 amide bonds. The molecule has 0 saturated carbocycles. The van der Waals surface area contributed by atoms with Crippen LogP contribution in [0.25, 0.3) is 0 Å². The van der Waals surface area contributed by atoms with Gasteiger partial charge in [0.25, 0.3) is 0 Å². The summed E-state index contributed by atoms with van der Waals surface area (Å²) in [7, 11) is 0. The molecule has 0 spiro atoms. The van der Waals surface area contributed by atoms with Crippen molar-refractivity contribution in [2.24, 2.45) is 0 Å². The lowest BCUT2D eigenvalue weighted by Crippen LogP contribution is -2.64. The molecule has 12 atom stereocenters. The smallest absolute Gasteiger partial charge is 0.450 e. The van der Waals surface area contributed by atoms with Crippen LogP contribution in [0.1, 0.15) is 52.4 Å². The molecule has 2 saturated heterocycles. The van der Waals surface area contributed by atoms with Gasteiger partial charge in [-0.2, -0.15) is 0 Å². The summed E-state index contributed by atoms with van der Waals surface area (Å²) >= 11 is 9.96. The first kappa shape index (κ1) is 64.8. The Morgan fingerprint density at radius 2 is 0.930 bits per heavy atom. The number of aliphatic hydroxyl groups is 6. The van der Waals surface area contributed by atoms with Gasteiger partial charge >= 0.3 is 19.6 Å². The van der Waals surface area contributed by atoms with Gasteiger partial charge in [0, 0.05) is 26.7 Å². The zero-order valence-corrected chi connectivity index (χ0v) is 42.7. The van der Waals surface area contributed by atoms with E-state index in [1.807, 2.05) is 0 Å². The lowest BCUT2D eigenvalue weighted by molar-refractivity contribution is -0.272. The third-order valence-electron chi connectivity index (χ3n) is 9.91. The van der Waals surface area contributed by atoms with Crippen LogP contribution in [0.4, 0.5) is 4.79 Å².